The number of carbonyl (C=O) groups is 1. The van der Waals surface area contributed by atoms with Crippen LogP contribution in [0.4, 0.5) is 0 Å². The molecular weight excluding hydrogens is 166 g/mol. The van der Waals surface area contributed by atoms with Gasteiger partial charge in [-0.2, -0.15) is 0 Å². The van der Waals surface area contributed by atoms with Crippen molar-refractivity contribution in [3.05, 3.63) is 0 Å². The summed E-state index contributed by atoms with van der Waals surface area (Å²) in [5, 5.41) is 9.19. The minimum atomic E-state index is -0.0876. The molecule has 0 bridgehead atoms. The van der Waals surface area contributed by atoms with Gasteiger partial charge in [0.25, 0.3) is 0 Å². The van der Waals surface area contributed by atoms with E-state index in [0.717, 1.165) is 25.7 Å². The van der Waals surface area contributed by atoms with Crippen molar-refractivity contribution >= 4 is 5.91 Å². The molecule has 2 saturated carbocycles. The van der Waals surface area contributed by atoms with Crippen LogP contribution >= 0.6 is 0 Å². The predicted molar refractivity (Wildman–Crippen MR) is 49.1 cm³/mol. The van der Waals surface area contributed by atoms with E-state index < -0.39 is 0 Å². The van der Waals surface area contributed by atoms with Crippen LogP contribution in [0.15, 0.2) is 0 Å². The molecule has 2 aliphatic rings. The minimum absolute atomic E-state index is 0.0876. The van der Waals surface area contributed by atoms with Gasteiger partial charge in [-0.15, -0.1) is 0 Å². The molecule has 3 nitrogen and oxygen atoms in total. The summed E-state index contributed by atoms with van der Waals surface area (Å²) in [6, 6.07) is 0. The van der Waals surface area contributed by atoms with Gasteiger partial charge >= 0.3 is 0 Å². The molecule has 0 aromatic heterocycles. The van der Waals surface area contributed by atoms with E-state index in [1.165, 1.54) is 0 Å². The highest BCUT2D eigenvalue weighted by Crippen LogP contribution is 2.58. The molecule has 0 unspecified atom stereocenters. The second-order valence-electron chi connectivity index (χ2n) is 4.90. The summed E-state index contributed by atoms with van der Waals surface area (Å²) in [5.41, 5.74) is 0.357. The highest BCUT2D eigenvalue weighted by atomic mass is 16.3. The van der Waals surface area contributed by atoms with Gasteiger partial charge in [0.2, 0.25) is 5.91 Å². The summed E-state index contributed by atoms with van der Waals surface area (Å²) in [5.74, 6) is 0.495. The average molecular weight is 183 g/mol. The Morgan fingerprint density at radius 1 is 1.31 bits per heavy atom. The second-order valence-corrected chi connectivity index (χ2v) is 4.90. The summed E-state index contributed by atoms with van der Waals surface area (Å²) < 4.78 is 0. The molecule has 1 amide bonds. The molecule has 0 aliphatic heterocycles. The molecule has 1 N–H and O–H groups in total. The lowest BCUT2D eigenvalue weighted by Gasteiger charge is -2.56. The van der Waals surface area contributed by atoms with Crippen LogP contribution in [0.1, 0.15) is 25.7 Å². The molecule has 2 rings (SSSR count). The Kier molecular flexibility index (Phi) is 1.88. The van der Waals surface area contributed by atoms with Gasteiger partial charge in [-0.3, -0.25) is 4.79 Å². The molecule has 0 heterocycles. The first kappa shape index (κ1) is 9.00. The van der Waals surface area contributed by atoms with E-state index in [1.54, 1.807) is 4.90 Å². The lowest BCUT2D eigenvalue weighted by atomic mass is 9.50. The van der Waals surface area contributed by atoms with Crippen LogP contribution in [0.25, 0.3) is 0 Å². The normalized spacial score (nSPS) is 42.4. The molecule has 3 heteroatoms. The Hall–Kier alpha value is -0.570. The number of hydrogen-bond donors (Lipinski definition) is 1. The Morgan fingerprint density at radius 3 is 2.23 bits per heavy atom. The van der Waals surface area contributed by atoms with Gasteiger partial charge in [0, 0.05) is 20.0 Å². The van der Waals surface area contributed by atoms with Crippen LogP contribution in [-0.4, -0.2) is 36.1 Å². The summed E-state index contributed by atoms with van der Waals surface area (Å²) in [6.07, 6.45) is 3.76. The SMILES string of the molecule is CN(C)C(=O)C1CC2(CC(O)C2)C1. The average Bonchev–Trinajstić information content (AvgIpc) is 1.92. The summed E-state index contributed by atoms with van der Waals surface area (Å²) in [7, 11) is 3.62. The van der Waals surface area contributed by atoms with Crippen molar-refractivity contribution in [2.75, 3.05) is 14.1 Å². The number of hydrogen-bond acceptors (Lipinski definition) is 2. The molecule has 2 aliphatic carbocycles. The fourth-order valence-electron chi connectivity index (χ4n) is 2.80. The molecule has 0 radical (unpaired) electrons. The summed E-state index contributed by atoms with van der Waals surface area (Å²) >= 11 is 0. The monoisotopic (exact) mass is 183 g/mol. The molecule has 0 aromatic carbocycles. The van der Waals surface area contributed by atoms with E-state index in [0.29, 0.717) is 5.41 Å². The minimum Gasteiger partial charge on any atom is -0.393 e. The fourth-order valence-corrected chi connectivity index (χ4v) is 2.80. The summed E-state index contributed by atoms with van der Waals surface area (Å²) in [6.45, 7) is 0. The van der Waals surface area contributed by atoms with Crippen molar-refractivity contribution in [3.8, 4) is 0 Å². The summed E-state index contributed by atoms with van der Waals surface area (Å²) in [4.78, 5) is 13.2. The van der Waals surface area contributed by atoms with Crippen LogP contribution in [0, 0.1) is 11.3 Å². The lowest BCUT2D eigenvalue weighted by molar-refractivity contribution is -0.155. The smallest absolute Gasteiger partial charge is 0.225 e. The fraction of sp³-hybridized carbons (Fsp3) is 0.900. The van der Waals surface area contributed by atoms with E-state index >= 15 is 0 Å². The molecular formula is C10H17NO2. The zero-order valence-corrected chi connectivity index (χ0v) is 8.29. The van der Waals surface area contributed by atoms with Crippen LogP contribution < -0.4 is 0 Å². The van der Waals surface area contributed by atoms with Crippen LogP contribution in [0.2, 0.25) is 0 Å². The zero-order chi connectivity index (χ0) is 9.64. The van der Waals surface area contributed by atoms with Crippen molar-refractivity contribution in [2.45, 2.75) is 31.8 Å². The third-order valence-corrected chi connectivity index (χ3v) is 3.49. The maximum absolute atomic E-state index is 11.5. The Bertz CT molecular complexity index is 223. The highest BCUT2D eigenvalue weighted by molar-refractivity contribution is 5.79. The van der Waals surface area contributed by atoms with Crippen LogP contribution in [0.5, 0.6) is 0 Å². The first-order valence-corrected chi connectivity index (χ1v) is 4.92. The third kappa shape index (κ3) is 1.35. The Labute approximate surface area is 78.7 Å². The van der Waals surface area contributed by atoms with Gasteiger partial charge in [-0.1, -0.05) is 0 Å². The van der Waals surface area contributed by atoms with Crippen LogP contribution in [0.3, 0.4) is 0 Å². The van der Waals surface area contributed by atoms with Gasteiger partial charge in [0.1, 0.15) is 0 Å². The first-order chi connectivity index (χ1) is 6.02. The van der Waals surface area contributed by atoms with Crippen molar-refractivity contribution in [1.82, 2.24) is 4.90 Å². The van der Waals surface area contributed by atoms with Crippen molar-refractivity contribution in [2.24, 2.45) is 11.3 Å². The first-order valence-electron chi connectivity index (χ1n) is 4.92. The van der Waals surface area contributed by atoms with Crippen LogP contribution in [-0.2, 0) is 4.79 Å². The molecule has 1 spiro atoms. The number of rotatable bonds is 1. The topological polar surface area (TPSA) is 40.5 Å². The van der Waals surface area contributed by atoms with Crippen molar-refractivity contribution in [3.63, 3.8) is 0 Å². The van der Waals surface area contributed by atoms with E-state index in [9.17, 15) is 9.90 Å². The second kappa shape index (κ2) is 2.71. The van der Waals surface area contributed by atoms with Gasteiger partial charge in [0.15, 0.2) is 0 Å². The molecule has 0 atom stereocenters. The van der Waals surface area contributed by atoms with E-state index in [4.69, 9.17) is 0 Å². The predicted octanol–water partition coefficient (Wildman–Crippen LogP) is 0.626. The van der Waals surface area contributed by atoms with E-state index in [2.05, 4.69) is 0 Å². The number of carbonyl (C=O) groups excluding carboxylic acids is 1. The quantitative estimate of drug-likeness (QED) is 0.647. The number of amides is 1. The highest BCUT2D eigenvalue weighted by Gasteiger charge is 2.54. The molecule has 74 valence electrons. The number of aliphatic hydroxyl groups excluding tert-OH is 1. The third-order valence-electron chi connectivity index (χ3n) is 3.49. The number of nitrogens with zero attached hydrogens (tertiary/aromatic N) is 1. The molecule has 0 aromatic rings. The van der Waals surface area contributed by atoms with Crippen molar-refractivity contribution < 1.29 is 9.90 Å². The maximum atomic E-state index is 11.5. The van der Waals surface area contributed by atoms with Crippen molar-refractivity contribution in [1.29, 1.82) is 0 Å². The van der Waals surface area contributed by atoms with Gasteiger partial charge in [-0.05, 0) is 31.1 Å². The molecule has 2 fully saturated rings. The zero-order valence-electron chi connectivity index (χ0n) is 8.29. The van der Waals surface area contributed by atoms with E-state index in [1.807, 2.05) is 14.1 Å². The largest absolute Gasteiger partial charge is 0.393 e. The number of aliphatic hydroxyl groups is 1. The van der Waals surface area contributed by atoms with Gasteiger partial charge < -0.3 is 10.0 Å². The Morgan fingerprint density at radius 2 is 1.85 bits per heavy atom. The lowest BCUT2D eigenvalue weighted by Crippen LogP contribution is -2.53. The molecule has 0 saturated heterocycles. The molecule has 13 heavy (non-hydrogen) atoms. The Balaban J connectivity index is 1.82. The maximum Gasteiger partial charge on any atom is 0.225 e. The van der Waals surface area contributed by atoms with E-state index in [-0.39, 0.29) is 17.9 Å². The van der Waals surface area contributed by atoms with Gasteiger partial charge in [0.05, 0.1) is 6.10 Å². The van der Waals surface area contributed by atoms with Gasteiger partial charge in [-0.25, -0.2) is 0 Å². The standard InChI is InChI=1S/C10H17NO2/c1-11(2)9(13)7-3-10(4-7)5-8(12)6-10/h7-8,12H,3-6H2,1-2H3.